The fraction of sp³-hybridized carbons (Fsp3) is 0.429. The van der Waals surface area contributed by atoms with Crippen LogP contribution in [-0.4, -0.2) is 29.7 Å². The Bertz CT molecular complexity index is 892. The number of para-hydroxylation sites is 1. The second kappa shape index (κ2) is 8.31. The van der Waals surface area contributed by atoms with E-state index in [4.69, 9.17) is 5.73 Å². The summed E-state index contributed by atoms with van der Waals surface area (Å²) in [5, 5.41) is 3.67. The van der Waals surface area contributed by atoms with Crippen LogP contribution in [0.25, 0.3) is 16.5 Å². The second-order valence-corrected chi connectivity index (χ2v) is 7.30. The lowest BCUT2D eigenvalue weighted by molar-refractivity contribution is -0.175. The molecule has 0 spiro atoms. The number of nitrogens with zero attached hydrogens (tertiary/aromatic N) is 1. The van der Waals surface area contributed by atoms with Gasteiger partial charge in [0.15, 0.2) is 0 Å². The minimum atomic E-state index is -4.15. The summed E-state index contributed by atoms with van der Waals surface area (Å²) in [4.78, 5) is 16.8. The number of hydrogen-bond acceptors (Lipinski definition) is 3. The number of aromatic nitrogens is 1. The van der Waals surface area contributed by atoms with E-state index in [0.29, 0.717) is 30.5 Å². The molecule has 1 aliphatic rings. The Morgan fingerprint density at radius 2 is 2.18 bits per heavy atom. The number of nitrogens with one attached hydrogen (secondary N) is 1. The molecular formula is C21H24F3N3O. The number of alkyl halides is 3. The lowest BCUT2D eigenvalue weighted by Crippen LogP contribution is -2.34. The number of hydrogen-bond donors (Lipinski definition) is 2. The average molecular weight is 391 g/mol. The molecule has 0 bridgehead atoms. The average Bonchev–Trinajstić information content (AvgIpc) is 2.66. The van der Waals surface area contributed by atoms with E-state index in [1.165, 1.54) is 6.20 Å². The highest BCUT2D eigenvalue weighted by atomic mass is 19.4. The molecule has 1 aliphatic carbocycles. The topological polar surface area (TPSA) is 68.0 Å². The van der Waals surface area contributed by atoms with E-state index in [1.54, 1.807) is 12.1 Å². The van der Waals surface area contributed by atoms with Crippen LogP contribution in [0.15, 0.2) is 36.5 Å². The SMILES string of the molecule is CC(CCN)NC(=O)c1cnc2c(C3=CCC(C(F)(F)F)CC3)cccc2c1. The molecule has 1 aromatic heterocycles. The highest BCUT2D eigenvalue weighted by molar-refractivity contribution is 5.99. The third kappa shape index (κ3) is 4.52. The summed E-state index contributed by atoms with van der Waals surface area (Å²) in [7, 11) is 0. The summed E-state index contributed by atoms with van der Waals surface area (Å²) in [6, 6.07) is 7.30. The number of amides is 1. The number of allylic oxidation sites excluding steroid dienone is 2. The summed E-state index contributed by atoms with van der Waals surface area (Å²) in [6.07, 6.45) is 0.168. The normalized spacial score (nSPS) is 18.6. The first-order valence-corrected chi connectivity index (χ1v) is 9.45. The van der Waals surface area contributed by atoms with Crippen LogP contribution in [0.1, 0.15) is 48.5 Å². The molecule has 1 amide bonds. The van der Waals surface area contributed by atoms with Crippen molar-refractivity contribution in [1.29, 1.82) is 0 Å². The largest absolute Gasteiger partial charge is 0.392 e. The van der Waals surface area contributed by atoms with Crippen LogP contribution in [0, 0.1) is 5.92 Å². The van der Waals surface area contributed by atoms with Gasteiger partial charge in [-0.2, -0.15) is 13.2 Å². The van der Waals surface area contributed by atoms with E-state index in [0.717, 1.165) is 16.5 Å². The zero-order valence-electron chi connectivity index (χ0n) is 15.7. The van der Waals surface area contributed by atoms with Crippen LogP contribution in [0.3, 0.4) is 0 Å². The van der Waals surface area contributed by atoms with Crippen molar-refractivity contribution in [2.45, 2.75) is 44.8 Å². The van der Waals surface area contributed by atoms with Gasteiger partial charge in [0, 0.05) is 23.2 Å². The maximum atomic E-state index is 12.9. The van der Waals surface area contributed by atoms with Gasteiger partial charge in [0.05, 0.1) is 17.0 Å². The van der Waals surface area contributed by atoms with Crippen molar-refractivity contribution >= 4 is 22.4 Å². The standard InChI is InChI=1S/C21H24F3N3O/c1-13(9-10-25)27-20(28)16-11-15-3-2-4-18(19(15)26-12-16)14-5-7-17(8-6-14)21(22,23)24/h2-5,11-13,17H,6-10,25H2,1H3,(H,27,28). The van der Waals surface area contributed by atoms with E-state index in [-0.39, 0.29) is 24.8 Å². The molecule has 0 saturated carbocycles. The minimum absolute atomic E-state index is 0.00522. The van der Waals surface area contributed by atoms with Gasteiger partial charge >= 0.3 is 6.18 Å². The van der Waals surface area contributed by atoms with Gasteiger partial charge in [-0.15, -0.1) is 0 Å². The predicted octanol–water partition coefficient (Wildman–Crippen LogP) is 4.45. The molecular weight excluding hydrogens is 367 g/mol. The summed E-state index contributed by atoms with van der Waals surface area (Å²) in [6.45, 7) is 2.38. The van der Waals surface area contributed by atoms with Crippen molar-refractivity contribution in [2.75, 3.05) is 6.54 Å². The van der Waals surface area contributed by atoms with E-state index < -0.39 is 12.1 Å². The number of benzene rings is 1. The smallest absolute Gasteiger partial charge is 0.349 e. The highest BCUT2D eigenvalue weighted by Gasteiger charge is 2.39. The maximum Gasteiger partial charge on any atom is 0.392 e. The van der Waals surface area contributed by atoms with Gasteiger partial charge in [-0.1, -0.05) is 24.3 Å². The molecule has 2 unspecified atom stereocenters. The van der Waals surface area contributed by atoms with Crippen LogP contribution in [0.4, 0.5) is 13.2 Å². The molecule has 2 atom stereocenters. The molecule has 0 aliphatic heterocycles. The molecule has 0 fully saturated rings. The number of pyridine rings is 1. The van der Waals surface area contributed by atoms with Gasteiger partial charge in [0.2, 0.25) is 0 Å². The Balaban J connectivity index is 1.85. The number of carbonyl (C=O) groups is 1. The van der Waals surface area contributed by atoms with Gasteiger partial charge in [0.25, 0.3) is 5.91 Å². The summed E-state index contributed by atoms with van der Waals surface area (Å²) in [5.41, 5.74) is 8.37. The van der Waals surface area contributed by atoms with Gasteiger partial charge in [-0.25, -0.2) is 0 Å². The van der Waals surface area contributed by atoms with Gasteiger partial charge in [-0.3, -0.25) is 9.78 Å². The van der Waals surface area contributed by atoms with E-state index >= 15 is 0 Å². The number of halogens is 3. The Morgan fingerprint density at radius 3 is 2.82 bits per heavy atom. The maximum absolute atomic E-state index is 12.9. The lowest BCUT2D eigenvalue weighted by Gasteiger charge is -2.24. The Hall–Kier alpha value is -2.41. The zero-order valence-corrected chi connectivity index (χ0v) is 15.7. The number of fused-ring (bicyclic) bond motifs is 1. The molecule has 150 valence electrons. The van der Waals surface area contributed by atoms with Crippen molar-refractivity contribution in [3.63, 3.8) is 0 Å². The molecule has 0 radical (unpaired) electrons. The van der Waals surface area contributed by atoms with Gasteiger partial charge in [0.1, 0.15) is 0 Å². The molecule has 0 saturated heterocycles. The van der Waals surface area contributed by atoms with E-state index in [2.05, 4.69) is 10.3 Å². The van der Waals surface area contributed by atoms with E-state index in [9.17, 15) is 18.0 Å². The quantitative estimate of drug-likeness (QED) is 0.791. The zero-order chi connectivity index (χ0) is 20.3. The van der Waals surface area contributed by atoms with Gasteiger partial charge in [-0.05, 0) is 50.8 Å². The second-order valence-electron chi connectivity index (χ2n) is 7.30. The summed E-state index contributed by atoms with van der Waals surface area (Å²) in [5.74, 6) is -1.49. The number of carbonyl (C=O) groups excluding carboxylic acids is 1. The predicted molar refractivity (Wildman–Crippen MR) is 104 cm³/mol. The molecule has 7 heteroatoms. The Labute approximate surface area is 162 Å². The third-order valence-electron chi connectivity index (χ3n) is 5.17. The van der Waals surface area contributed by atoms with Crippen LogP contribution < -0.4 is 11.1 Å². The first kappa shape index (κ1) is 20.3. The minimum Gasteiger partial charge on any atom is -0.349 e. The number of nitrogens with two attached hydrogens (primary N) is 1. The Kier molecular flexibility index (Phi) is 6.03. The summed E-state index contributed by atoms with van der Waals surface area (Å²) < 4.78 is 38.7. The molecule has 28 heavy (non-hydrogen) atoms. The van der Waals surface area contributed by atoms with Crippen molar-refractivity contribution in [2.24, 2.45) is 11.7 Å². The molecule has 3 N–H and O–H groups in total. The number of rotatable bonds is 5. The molecule has 1 aromatic carbocycles. The van der Waals surface area contributed by atoms with Crippen LogP contribution in [-0.2, 0) is 0 Å². The monoisotopic (exact) mass is 391 g/mol. The Morgan fingerprint density at radius 1 is 1.39 bits per heavy atom. The fourth-order valence-electron chi connectivity index (χ4n) is 3.55. The summed E-state index contributed by atoms with van der Waals surface area (Å²) >= 11 is 0. The van der Waals surface area contributed by atoms with Crippen molar-refractivity contribution in [3.05, 3.63) is 47.7 Å². The first-order chi connectivity index (χ1) is 13.3. The highest BCUT2D eigenvalue weighted by Crippen LogP contribution is 2.40. The molecule has 3 rings (SSSR count). The van der Waals surface area contributed by atoms with Crippen molar-refractivity contribution in [3.8, 4) is 0 Å². The first-order valence-electron chi connectivity index (χ1n) is 9.45. The molecule has 1 heterocycles. The molecule has 4 nitrogen and oxygen atoms in total. The van der Waals surface area contributed by atoms with Crippen molar-refractivity contribution < 1.29 is 18.0 Å². The van der Waals surface area contributed by atoms with E-state index in [1.807, 2.05) is 25.1 Å². The van der Waals surface area contributed by atoms with Crippen molar-refractivity contribution in [1.82, 2.24) is 10.3 Å². The fourth-order valence-corrected chi connectivity index (χ4v) is 3.55. The molecule has 2 aromatic rings. The third-order valence-corrected chi connectivity index (χ3v) is 5.17. The van der Waals surface area contributed by atoms with Crippen LogP contribution >= 0.6 is 0 Å². The lowest BCUT2D eigenvalue weighted by atomic mass is 9.85. The van der Waals surface area contributed by atoms with Crippen LogP contribution in [0.5, 0.6) is 0 Å². The van der Waals surface area contributed by atoms with Gasteiger partial charge < -0.3 is 11.1 Å². The van der Waals surface area contributed by atoms with Crippen LogP contribution in [0.2, 0.25) is 0 Å².